The Morgan fingerprint density at radius 3 is 2.73 bits per heavy atom. The molecule has 5 nitrogen and oxygen atoms in total. The first-order chi connectivity index (χ1) is 12.7. The van der Waals surface area contributed by atoms with Crippen molar-refractivity contribution < 1.29 is 9.53 Å². The molecule has 0 aliphatic heterocycles. The minimum Gasteiger partial charge on any atom is -0.494 e. The summed E-state index contributed by atoms with van der Waals surface area (Å²) in [5, 5.41) is 5.94. The van der Waals surface area contributed by atoms with Gasteiger partial charge in [-0.1, -0.05) is 18.2 Å². The number of thiazole rings is 1. The van der Waals surface area contributed by atoms with Gasteiger partial charge in [0.1, 0.15) is 5.75 Å². The second kappa shape index (κ2) is 9.10. The number of aromatic nitrogens is 2. The first kappa shape index (κ1) is 18.1. The number of pyridine rings is 1. The van der Waals surface area contributed by atoms with Crippen molar-refractivity contribution in [2.45, 2.75) is 19.8 Å². The third-order valence-electron chi connectivity index (χ3n) is 3.74. The lowest BCUT2D eigenvalue weighted by Crippen LogP contribution is -2.27. The van der Waals surface area contributed by atoms with Gasteiger partial charge in [0, 0.05) is 24.5 Å². The van der Waals surface area contributed by atoms with Gasteiger partial charge in [0.2, 0.25) is 5.91 Å². The van der Waals surface area contributed by atoms with Gasteiger partial charge in [-0.25, -0.2) is 4.98 Å². The van der Waals surface area contributed by atoms with Crippen LogP contribution in [0.4, 0.5) is 0 Å². The van der Waals surface area contributed by atoms with Gasteiger partial charge >= 0.3 is 0 Å². The van der Waals surface area contributed by atoms with E-state index < -0.39 is 0 Å². The summed E-state index contributed by atoms with van der Waals surface area (Å²) < 4.78 is 5.40. The lowest BCUT2D eigenvalue weighted by atomic mass is 10.1. The molecule has 0 fully saturated rings. The zero-order valence-corrected chi connectivity index (χ0v) is 15.5. The molecule has 1 amide bonds. The number of amides is 1. The van der Waals surface area contributed by atoms with Gasteiger partial charge in [-0.05, 0) is 36.8 Å². The molecule has 2 aromatic heterocycles. The Balaban J connectivity index is 1.44. The van der Waals surface area contributed by atoms with E-state index in [0.717, 1.165) is 27.7 Å². The molecule has 0 aliphatic carbocycles. The second-order valence-electron chi connectivity index (χ2n) is 5.70. The Bertz CT molecular complexity index is 832. The van der Waals surface area contributed by atoms with E-state index in [4.69, 9.17) is 4.74 Å². The van der Waals surface area contributed by atoms with E-state index >= 15 is 0 Å². The van der Waals surface area contributed by atoms with Gasteiger partial charge in [-0.3, -0.25) is 9.78 Å². The monoisotopic (exact) mass is 367 g/mol. The lowest BCUT2D eigenvalue weighted by molar-refractivity contribution is -0.120. The summed E-state index contributed by atoms with van der Waals surface area (Å²) >= 11 is 1.59. The largest absolute Gasteiger partial charge is 0.494 e. The highest BCUT2D eigenvalue weighted by atomic mass is 32.1. The van der Waals surface area contributed by atoms with Crippen LogP contribution in [0.2, 0.25) is 0 Å². The molecule has 3 rings (SSSR count). The number of hydrogen-bond acceptors (Lipinski definition) is 5. The quantitative estimate of drug-likeness (QED) is 0.662. The number of hydrogen-bond donors (Lipinski definition) is 1. The number of carbonyl (C=O) groups is 1. The first-order valence-electron chi connectivity index (χ1n) is 8.59. The molecule has 1 aromatic carbocycles. The summed E-state index contributed by atoms with van der Waals surface area (Å²) in [5.74, 6) is 0.833. The van der Waals surface area contributed by atoms with E-state index in [1.807, 2.05) is 54.8 Å². The van der Waals surface area contributed by atoms with Crippen molar-refractivity contribution >= 4 is 17.2 Å². The molecule has 0 atom stereocenters. The summed E-state index contributed by atoms with van der Waals surface area (Å²) in [6.45, 7) is 3.16. The zero-order valence-electron chi connectivity index (χ0n) is 14.6. The fraction of sp³-hybridized carbons (Fsp3) is 0.250. The topological polar surface area (TPSA) is 64.1 Å². The molecule has 0 radical (unpaired) electrons. The minimum atomic E-state index is 0.00988. The molecule has 6 heteroatoms. The zero-order chi connectivity index (χ0) is 18.2. The van der Waals surface area contributed by atoms with Crippen LogP contribution in [0, 0.1) is 0 Å². The Morgan fingerprint density at radius 2 is 2.00 bits per heavy atom. The average molecular weight is 367 g/mol. The molecule has 0 aliphatic rings. The summed E-state index contributed by atoms with van der Waals surface area (Å²) in [6.07, 6.45) is 2.84. The summed E-state index contributed by atoms with van der Waals surface area (Å²) in [4.78, 5) is 21.0. The molecule has 2 heterocycles. The van der Waals surface area contributed by atoms with E-state index in [-0.39, 0.29) is 5.91 Å². The van der Waals surface area contributed by atoms with Crippen LogP contribution in [0.15, 0.2) is 54.0 Å². The van der Waals surface area contributed by atoms with Crippen LogP contribution in [-0.4, -0.2) is 29.0 Å². The van der Waals surface area contributed by atoms with Gasteiger partial charge in [0.25, 0.3) is 0 Å². The van der Waals surface area contributed by atoms with Crippen molar-refractivity contribution in [3.8, 4) is 17.1 Å². The number of rotatable bonds is 8. The SMILES string of the molecule is CCOc1ccc(CC(=O)NCCc2nc(-c3ccccn3)cs2)cc1. The molecule has 0 saturated heterocycles. The van der Waals surface area contributed by atoms with Crippen molar-refractivity contribution in [2.24, 2.45) is 0 Å². The van der Waals surface area contributed by atoms with Crippen LogP contribution in [-0.2, 0) is 17.6 Å². The lowest BCUT2D eigenvalue weighted by Gasteiger charge is -2.06. The van der Waals surface area contributed by atoms with Crippen molar-refractivity contribution in [1.82, 2.24) is 15.3 Å². The molecule has 0 saturated carbocycles. The number of carbonyl (C=O) groups excluding carboxylic acids is 1. The first-order valence-corrected chi connectivity index (χ1v) is 9.47. The molecule has 0 bridgehead atoms. The number of nitrogens with one attached hydrogen (secondary N) is 1. The average Bonchev–Trinajstić information content (AvgIpc) is 3.13. The molecule has 3 aromatic rings. The van der Waals surface area contributed by atoms with Gasteiger partial charge < -0.3 is 10.1 Å². The van der Waals surface area contributed by atoms with Crippen LogP contribution in [0.1, 0.15) is 17.5 Å². The molecular formula is C20H21N3O2S. The third kappa shape index (κ3) is 5.13. The smallest absolute Gasteiger partial charge is 0.224 e. The van der Waals surface area contributed by atoms with E-state index in [9.17, 15) is 4.79 Å². The van der Waals surface area contributed by atoms with Crippen molar-refractivity contribution in [3.05, 3.63) is 64.6 Å². The van der Waals surface area contributed by atoms with Crippen LogP contribution < -0.4 is 10.1 Å². The fourth-order valence-corrected chi connectivity index (χ4v) is 3.28. The van der Waals surface area contributed by atoms with Gasteiger partial charge in [-0.15, -0.1) is 11.3 Å². The van der Waals surface area contributed by atoms with Crippen LogP contribution in [0.25, 0.3) is 11.4 Å². The molecular weight excluding hydrogens is 346 g/mol. The van der Waals surface area contributed by atoms with Gasteiger partial charge in [0.05, 0.1) is 29.4 Å². The van der Waals surface area contributed by atoms with E-state index in [1.165, 1.54) is 0 Å². The highest BCUT2D eigenvalue weighted by molar-refractivity contribution is 7.09. The molecule has 134 valence electrons. The summed E-state index contributed by atoms with van der Waals surface area (Å²) in [5.41, 5.74) is 2.72. The maximum absolute atomic E-state index is 12.1. The second-order valence-corrected chi connectivity index (χ2v) is 6.64. The normalized spacial score (nSPS) is 10.5. The highest BCUT2D eigenvalue weighted by Crippen LogP contribution is 2.19. The molecule has 0 spiro atoms. The van der Waals surface area contributed by atoms with Crippen LogP contribution in [0.5, 0.6) is 5.75 Å². The minimum absolute atomic E-state index is 0.00988. The molecule has 1 N–H and O–H groups in total. The predicted molar refractivity (Wildman–Crippen MR) is 103 cm³/mol. The van der Waals surface area contributed by atoms with Crippen molar-refractivity contribution in [2.75, 3.05) is 13.2 Å². The Kier molecular flexibility index (Phi) is 6.33. The number of benzene rings is 1. The number of ether oxygens (including phenoxy) is 1. The predicted octanol–water partition coefficient (Wildman–Crippen LogP) is 3.51. The third-order valence-corrected chi connectivity index (χ3v) is 4.65. The Labute approximate surface area is 157 Å². The highest BCUT2D eigenvalue weighted by Gasteiger charge is 2.07. The van der Waals surface area contributed by atoms with Gasteiger partial charge in [-0.2, -0.15) is 0 Å². The Hall–Kier alpha value is -2.73. The summed E-state index contributed by atoms with van der Waals surface area (Å²) in [6, 6.07) is 13.4. The maximum Gasteiger partial charge on any atom is 0.224 e. The molecule has 26 heavy (non-hydrogen) atoms. The fourth-order valence-electron chi connectivity index (χ4n) is 2.48. The molecule has 0 unspecified atom stereocenters. The van der Waals surface area contributed by atoms with Crippen molar-refractivity contribution in [1.29, 1.82) is 0 Å². The van der Waals surface area contributed by atoms with Crippen LogP contribution >= 0.6 is 11.3 Å². The van der Waals surface area contributed by atoms with Crippen molar-refractivity contribution in [3.63, 3.8) is 0 Å². The Morgan fingerprint density at radius 1 is 1.15 bits per heavy atom. The maximum atomic E-state index is 12.1. The number of nitrogens with zero attached hydrogens (tertiary/aromatic N) is 2. The van der Waals surface area contributed by atoms with Crippen LogP contribution in [0.3, 0.4) is 0 Å². The van der Waals surface area contributed by atoms with E-state index in [1.54, 1.807) is 17.5 Å². The van der Waals surface area contributed by atoms with Gasteiger partial charge in [0.15, 0.2) is 0 Å². The van der Waals surface area contributed by atoms with E-state index in [2.05, 4.69) is 15.3 Å². The standard InChI is InChI=1S/C20H21N3O2S/c1-2-25-16-8-6-15(7-9-16)13-19(24)22-12-10-20-23-18(14-26-20)17-5-3-4-11-21-17/h3-9,11,14H,2,10,12-13H2,1H3,(H,22,24). The van der Waals surface area contributed by atoms with E-state index in [0.29, 0.717) is 26.0 Å². The summed E-state index contributed by atoms with van der Waals surface area (Å²) in [7, 11) is 0.